The molecule has 4 bridgehead atoms. The molecule has 26 heavy (non-hydrogen) atoms. The molecule has 0 aromatic heterocycles. The van der Waals surface area contributed by atoms with Crippen molar-refractivity contribution in [1.29, 1.82) is 0 Å². The lowest BCUT2D eigenvalue weighted by Crippen LogP contribution is -2.75. The number of ether oxygens (including phenoxy) is 1. The molecule has 9 atom stereocenters. The number of carboxylic acid groups (broad SMARTS) is 1. The van der Waals surface area contributed by atoms with Crippen LogP contribution in [0.5, 0.6) is 0 Å². The fourth-order valence-electron chi connectivity index (χ4n) is 8.65. The molecule has 1 spiro atoms. The molecule has 4 aliphatic carbocycles. The second-order valence-corrected chi connectivity index (χ2v) is 10.6. The third-order valence-electron chi connectivity index (χ3n) is 9.90. The Morgan fingerprint density at radius 2 is 1.88 bits per heavy atom. The molecule has 0 radical (unpaired) electrons. The summed E-state index contributed by atoms with van der Waals surface area (Å²) in [6.07, 6.45) is 8.48. The van der Waals surface area contributed by atoms with Crippen molar-refractivity contribution in [3.8, 4) is 0 Å². The van der Waals surface area contributed by atoms with E-state index in [-0.39, 0.29) is 28.8 Å². The summed E-state index contributed by atoms with van der Waals surface area (Å²) in [5, 5.41) is 9.60. The Morgan fingerprint density at radius 1 is 1.15 bits per heavy atom. The van der Waals surface area contributed by atoms with Gasteiger partial charge in [0.15, 0.2) is 5.78 Å². The van der Waals surface area contributed by atoms with Crippen molar-refractivity contribution in [3.63, 3.8) is 0 Å². The minimum Gasteiger partial charge on any atom is -0.481 e. The van der Waals surface area contributed by atoms with Crippen molar-refractivity contribution in [1.82, 2.24) is 0 Å². The minimum absolute atomic E-state index is 0.000416. The van der Waals surface area contributed by atoms with Crippen LogP contribution in [0.2, 0.25) is 0 Å². The number of hydrogen-bond acceptors (Lipinski definition) is 3. The van der Waals surface area contributed by atoms with Gasteiger partial charge < -0.3 is 9.84 Å². The number of fused-ring (bicyclic) bond motifs is 3. The van der Waals surface area contributed by atoms with Gasteiger partial charge >= 0.3 is 5.97 Å². The van der Waals surface area contributed by atoms with E-state index in [4.69, 9.17) is 4.74 Å². The third-order valence-corrected chi connectivity index (χ3v) is 9.90. The maximum Gasteiger partial charge on any atom is 0.306 e. The van der Waals surface area contributed by atoms with Crippen LogP contribution >= 0.6 is 0 Å². The van der Waals surface area contributed by atoms with Gasteiger partial charge in [-0.2, -0.15) is 0 Å². The third kappa shape index (κ3) is 1.76. The lowest BCUT2D eigenvalue weighted by Gasteiger charge is -2.70. The number of hydrogen-bond donors (Lipinski definition) is 1. The number of ketones is 1. The van der Waals surface area contributed by atoms with Crippen molar-refractivity contribution in [2.24, 2.45) is 40.4 Å². The summed E-state index contributed by atoms with van der Waals surface area (Å²) in [4.78, 5) is 25.5. The molecule has 144 valence electrons. The highest BCUT2D eigenvalue weighted by Gasteiger charge is 2.74. The summed E-state index contributed by atoms with van der Waals surface area (Å²) >= 11 is 0. The fraction of sp³-hybridized carbons (Fsp3) is 0.909. The van der Waals surface area contributed by atoms with E-state index in [1.54, 1.807) is 0 Å². The largest absolute Gasteiger partial charge is 0.481 e. The van der Waals surface area contributed by atoms with Gasteiger partial charge in [-0.1, -0.05) is 20.8 Å². The van der Waals surface area contributed by atoms with Crippen LogP contribution in [0, 0.1) is 40.4 Å². The quantitative estimate of drug-likeness (QED) is 0.806. The van der Waals surface area contributed by atoms with Gasteiger partial charge in [0.2, 0.25) is 0 Å². The van der Waals surface area contributed by atoms with Gasteiger partial charge in [0, 0.05) is 11.8 Å². The van der Waals surface area contributed by atoms with Crippen LogP contribution < -0.4 is 0 Å². The van der Waals surface area contributed by atoms with E-state index < -0.39 is 11.6 Å². The zero-order chi connectivity index (χ0) is 18.5. The lowest BCUT2D eigenvalue weighted by molar-refractivity contribution is -0.307. The van der Waals surface area contributed by atoms with Crippen molar-refractivity contribution >= 4 is 11.8 Å². The van der Waals surface area contributed by atoms with E-state index in [2.05, 4.69) is 13.8 Å². The van der Waals surface area contributed by atoms with Gasteiger partial charge in [-0.05, 0) is 74.0 Å². The molecule has 6 aliphatic rings. The average molecular weight is 360 g/mol. The van der Waals surface area contributed by atoms with E-state index in [1.165, 1.54) is 6.42 Å². The van der Waals surface area contributed by atoms with Crippen LogP contribution in [0.4, 0.5) is 0 Å². The predicted molar refractivity (Wildman–Crippen MR) is 96.5 cm³/mol. The summed E-state index contributed by atoms with van der Waals surface area (Å²) in [5.41, 5.74) is -0.740. The van der Waals surface area contributed by atoms with Crippen LogP contribution in [-0.4, -0.2) is 28.6 Å². The Balaban J connectivity index is 1.58. The minimum atomic E-state index is -0.715. The second kappa shape index (κ2) is 5.12. The van der Waals surface area contributed by atoms with Crippen LogP contribution in [0.1, 0.15) is 72.1 Å². The van der Waals surface area contributed by atoms with Crippen LogP contribution in [-0.2, 0) is 14.3 Å². The zero-order valence-corrected chi connectivity index (χ0v) is 16.3. The van der Waals surface area contributed by atoms with Gasteiger partial charge in [-0.25, -0.2) is 0 Å². The fourth-order valence-corrected chi connectivity index (χ4v) is 8.65. The normalized spacial score (nSPS) is 56.0. The van der Waals surface area contributed by atoms with Gasteiger partial charge in [0.25, 0.3) is 0 Å². The monoisotopic (exact) mass is 360 g/mol. The SMILES string of the molecule is C[C@H](C(=O)O)[C@@H]1CC[C@@H]2[C@@H]3CC[C@@H]4C[C@H]5CC[C@]4(C)[C@@]3(O5)C(=O)C[C@@]21C. The number of carboxylic acids is 1. The number of aliphatic carboxylic acids is 1. The molecule has 0 amide bonds. The predicted octanol–water partition coefficient (Wildman–Crippen LogP) is 4.07. The number of carbonyl (C=O) groups is 2. The van der Waals surface area contributed by atoms with E-state index >= 15 is 0 Å². The van der Waals surface area contributed by atoms with Crippen molar-refractivity contribution < 1.29 is 19.4 Å². The molecule has 0 aromatic carbocycles. The van der Waals surface area contributed by atoms with Crippen molar-refractivity contribution in [2.45, 2.75) is 83.8 Å². The molecule has 6 fully saturated rings. The Hall–Kier alpha value is -0.900. The highest BCUT2D eigenvalue weighted by atomic mass is 16.5. The summed E-state index contributed by atoms with van der Waals surface area (Å²) < 4.78 is 6.69. The molecule has 2 saturated heterocycles. The number of carbonyl (C=O) groups excluding carboxylic acids is 1. The standard InChI is InChI=1S/C22H32O4/c1-12(19(24)25)15-6-7-16-17-5-4-13-10-14-8-9-21(13,3)22(17,26-14)18(23)11-20(15,16)2/h12-17H,4-11H2,1-3H3,(H,24,25)/t12-,13+,14+,15-,16+,17-,20+,21-,22-/m0/s1. The van der Waals surface area contributed by atoms with Gasteiger partial charge in [0.05, 0.1) is 12.0 Å². The van der Waals surface area contributed by atoms with Crippen LogP contribution in [0.3, 0.4) is 0 Å². The molecule has 0 aromatic rings. The summed E-state index contributed by atoms with van der Waals surface area (Å²) in [6, 6.07) is 0. The average Bonchev–Trinajstić information content (AvgIpc) is 2.90. The van der Waals surface area contributed by atoms with E-state index in [0.29, 0.717) is 30.0 Å². The molecular weight excluding hydrogens is 328 g/mol. The summed E-state index contributed by atoms with van der Waals surface area (Å²) in [7, 11) is 0. The second-order valence-electron chi connectivity index (χ2n) is 10.6. The van der Waals surface area contributed by atoms with Gasteiger partial charge in [0.1, 0.15) is 5.60 Å². The topological polar surface area (TPSA) is 63.6 Å². The first-order valence-electron chi connectivity index (χ1n) is 10.7. The molecule has 6 rings (SSSR count). The first-order valence-corrected chi connectivity index (χ1v) is 10.7. The molecular formula is C22H32O4. The number of rotatable bonds is 2. The maximum absolute atomic E-state index is 13.8. The molecule has 2 heterocycles. The van der Waals surface area contributed by atoms with Crippen molar-refractivity contribution in [3.05, 3.63) is 0 Å². The van der Waals surface area contributed by atoms with Gasteiger partial charge in [-0.15, -0.1) is 0 Å². The van der Waals surface area contributed by atoms with E-state index in [1.807, 2.05) is 6.92 Å². The van der Waals surface area contributed by atoms with Crippen LogP contribution in [0.15, 0.2) is 0 Å². The Bertz CT molecular complexity index is 673. The van der Waals surface area contributed by atoms with Crippen molar-refractivity contribution in [2.75, 3.05) is 0 Å². The molecule has 2 aliphatic heterocycles. The molecule has 4 nitrogen and oxygen atoms in total. The van der Waals surface area contributed by atoms with Crippen LogP contribution in [0.25, 0.3) is 0 Å². The molecule has 0 unspecified atom stereocenters. The molecule has 1 N–H and O–H groups in total. The first-order chi connectivity index (χ1) is 12.2. The number of Topliss-reactive ketones (excluding diaryl/α,β-unsaturated/α-hetero) is 1. The Kier molecular flexibility index (Phi) is 3.39. The molecule has 4 saturated carbocycles. The lowest BCUT2D eigenvalue weighted by atomic mass is 9.40. The Labute approximate surface area is 156 Å². The highest BCUT2D eigenvalue weighted by Crippen LogP contribution is 2.72. The zero-order valence-electron chi connectivity index (χ0n) is 16.3. The van der Waals surface area contributed by atoms with E-state index in [0.717, 1.165) is 38.5 Å². The summed E-state index contributed by atoms with van der Waals surface area (Å²) in [6.45, 7) is 6.40. The van der Waals surface area contributed by atoms with Gasteiger partial charge in [-0.3, -0.25) is 9.59 Å². The smallest absolute Gasteiger partial charge is 0.306 e. The Morgan fingerprint density at radius 3 is 2.62 bits per heavy atom. The first kappa shape index (κ1) is 17.2. The van der Waals surface area contributed by atoms with E-state index in [9.17, 15) is 14.7 Å². The molecule has 4 heteroatoms. The highest BCUT2D eigenvalue weighted by molar-refractivity contribution is 5.91. The summed E-state index contributed by atoms with van der Waals surface area (Å²) in [5.74, 6) is 0.693. The maximum atomic E-state index is 13.8.